The highest BCUT2D eigenvalue weighted by Gasteiger charge is 2.24. The molecule has 0 bridgehead atoms. The van der Waals surface area contributed by atoms with E-state index in [-0.39, 0.29) is 17.9 Å². The van der Waals surface area contributed by atoms with Gasteiger partial charge >= 0.3 is 0 Å². The first kappa shape index (κ1) is 17.9. The molecule has 23 heavy (non-hydrogen) atoms. The lowest BCUT2D eigenvalue weighted by atomic mass is 10.1. The maximum Gasteiger partial charge on any atom is 0.221 e. The molecule has 1 aliphatic rings. The van der Waals surface area contributed by atoms with Crippen LogP contribution in [0.25, 0.3) is 0 Å². The summed E-state index contributed by atoms with van der Waals surface area (Å²) in [5.41, 5.74) is 0. The molecular formula is C16H26N4O2S. The van der Waals surface area contributed by atoms with Crippen LogP contribution in [0.15, 0.2) is 17.5 Å². The Labute approximate surface area is 141 Å². The van der Waals surface area contributed by atoms with E-state index in [4.69, 9.17) is 0 Å². The summed E-state index contributed by atoms with van der Waals surface area (Å²) in [6, 6.07) is 4.42. The predicted molar refractivity (Wildman–Crippen MR) is 92.4 cm³/mol. The quantitative estimate of drug-likeness (QED) is 0.767. The Bertz CT molecular complexity index is 498. The molecular weight excluding hydrogens is 312 g/mol. The van der Waals surface area contributed by atoms with Crippen LogP contribution < -0.4 is 10.6 Å². The third kappa shape index (κ3) is 5.93. The second-order valence-electron chi connectivity index (χ2n) is 5.91. The highest BCUT2D eigenvalue weighted by Crippen LogP contribution is 2.25. The fourth-order valence-corrected chi connectivity index (χ4v) is 3.54. The first-order valence-electron chi connectivity index (χ1n) is 8.03. The monoisotopic (exact) mass is 338 g/mol. The first-order chi connectivity index (χ1) is 11.1. The van der Waals surface area contributed by atoms with Crippen LogP contribution in [0.3, 0.4) is 0 Å². The van der Waals surface area contributed by atoms with E-state index in [1.807, 2.05) is 0 Å². The Morgan fingerprint density at radius 1 is 1.26 bits per heavy atom. The van der Waals surface area contributed by atoms with Gasteiger partial charge in [-0.25, -0.2) is 0 Å². The van der Waals surface area contributed by atoms with Gasteiger partial charge in [0.15, 0.2) is 0 Å². The summed E-state index contributed by atoms with van der Waals surface area (Å²) < 4.78 is 0. The fourth-order valence-electron chi connectivity index (χ4n) is 2.68. The van der Waals surface area contributed by atoms with Crippen LogP contribution >= 0.6 is 11.3 Å². The van der Waals surface area contributed by atoms with Crippen molar-refractivity contribution in [3.63, 3.8) is 0 Å². The van der Waals surface area contributed by atoms with Crippen molar-refractivity contribution in [1.82, 2.24) is 20.4 Å². The van der Waals surface area contributed by atoms with Gasteiger partial charge in [-0.2, -0.15) is 0 Å². The molecule has 1 aromatic heterocycles. The van der Waals surface area contributed by atoms with Gasteiger partial charge in [-0.05, 0) is 18.5 Å². The minimum Gasteiger partial charge on any atom is -0.356 e. The van der Waals surface area contributed by atoms with E-state index in [1.54, 1.807) is 11.3 Å². The van der Waals surface area contributed by atoms with E-state index in [0.717, 1.165) is 26.2 Å². The van der Waals surface area contributed by atoms with Gasteiger partial charge < -0.3 is 15.5 Å². The number of nitrogens with one attached hydrogen (secondary N) is 2. The second kappa shape index (κ2) is 9.00. The molecule has 0 aliphatic carbocycles. The molecule has 2 heterocycles. The highest BCUT2D eigenvalue weighted by molar-refractivity contribution is 7.10. The molecule has 7 heteroatoms. The minimum atomic E-state index is -0.105. The van der Waals surface area contributed by atoms with Crippen molar-refractivity contribution < 1.29 is 9.59 Å². The zero-order valence-electron chi connectivity index (χ0n) is 13.9. The van der Waals surface area contributed by atoms with Gasteiger partial charge in [-0.1, -0.05) is 6.07 Å². The third-order valence-corrected chi connectivity index (χ3v) is 5.04. The molecule has 2 N–H and O–H groups in total. The van der Waals surface area contributed by atoms with Crippen LogP contribution in [0.4, 0.5) is 0 Å². The number of thiophene rings is 1. The number of hydrogen-bond acceptors (Lipinski definition) is 5. The van der Waals surface area contributed by atoms with Crippen molar-refractivity contribution in [3.8, 4) is 0 Å². The third-order valence-electron chi connectivity index (χ3n) is 4.07. The number of carbonyl (C=O) groups excluding carboxylic acids is 2. The van der Waals surface area contributed by atoms with Gasteiger partial charge in [-0.3, -0.25) is 14.5 Å². The summed E-state index contributed by atoms with van der Waals surface area (Å²) >= 11 is 1.74. The second-order valence-corrected chi connectivity index (χ2v) is 6.89. The molecule has 1 saturated heterocycles. The lowest BCUT2D eigenvalue weighted by Gasteiger charge is -2.37. The van der Waals surface area contributed by atoms with Gasteiger partial charge in [-0.15, -0.1) is 11.3 Å². The maximum absolute atomic E-state index is 11.9. The standard InChI is InChI=1S/C16H26N4O2S/c1-13(21)17-6-5-16(22)18-12-14(15-4-3-11-23-15)20-9-7-19(2)8-10-20/h3-4,11,14H,5-10,12H2,1-2H3,(H,17,21)(H,18,22). The summed E-state index contributed by atoms with van der Waals surface area (Å²) in [7, 11) is 2.14. The van der Waals surface area contributed by atoms with E-state index in [9.17, 15) is 9.59 Å². The highest BCUT2D eigenvalue weighted by atomic mass is 32.1. The first-order valence-corrected chi connectivity index (χ1v) is 8.91. The number of likely N-dealkylation sites (N-methyl/N-ethyl adjacent to an activating group) is 1. The maximum atomic E-state index is 11.9. The number of carbonyl (C=O) groups is 2. The molecule has 2 amide bonds. The normalized spacial score (nSPS) is 17.7. The van der Waals surface area contributed by atoms with Crippen molar-refractivity contribution in [3.05, 3.63) is 22.4 Å². The molecule has 1 unspecified atom stereocenters. The topological polar surface area (TPSA) is 64.7 Å². The van der Waals surface area contributed by atoms with Gasteiger partial charge in [0.2, 0.25) is 11.8 Å². The molecule has 0 saturated carbocycles. The average Bonchev–Trinajstić information content (AvgIpc) is 3.03. The van der Waals surface area contributed by atoms with Crippen LogP contribution in [0.2, 0.25) is 0 Å². The zero-order valence-corrected chi connectivity index (χ0v) is 14.7. The van der Waals surface area contributed by atoms with Crippen molar-refractivity contribution in [1.29, 1.82) is 0 Å². The summed E-state index contributed by atoms with van der Waals surface area (Å²) in [6.07, 6.45) is 0.319. The predicted octanol–water partition coefficient (Wildman–Crippen LogP) is 0.679. The summed E-state index contributed by atoms with van der Waals surface area (Å²) in [4.78, 5) is 28.8. The summed E-state index contributed by atoms with van der Waals surface area (Å²) in [5.74, 6) is -0.124. The van der Waals surface area contributed by atoms with Gasteiger partial charge in [0.05, 0.1) is 6.04 Å². The molecule has 6 nitrogen and oxygen atoms in total. The number of piperazine rings is 1. The zero-order chi connectivity index (χ0) is 16.7. The largest absolute Gasteiger partial charge is 0.356 e. The molecule has 0 spiro atoms. The smallest absolute Gasteiger partial charge is 0.221 e. The van der Waals surface area contributed by atoms with E-state index in [2.05, 4.69) is 45.0 Å². The van der Waals surface area contributed by atoms with E-state index < -0.39 is 0 Å². The van der Waals surface area contributed by atoms with E-state index >= 15 is 0 Å². The number of amides is 2. The van der Waals surface area contributed by atoms with Crippen LogP contribution in [0.1, 0.15) is 24.3 Å². The van der Waals surface area contributed by atoms with Crippen LogP contribution in [-0.4, -0.2) is 67.9 Å². The van der Waals surface area contributed by atoms with Gasteiger partial charge in [0.25, 0.3) is 0 Å². The van der Waals surface area contributed by atoms with Crippen molar-refractivity contribution >= 4 is 23.2 Å². The molecule has 0 radical (unpaired) electrons. The van der Waals surface area contributed by atoms with Crippen LogP contribution in [0, 0.1) is 0 Å². The molecule has 0 aromatic carbocycles. The lowest BCUT2D eigenvalue weighted by Crippen LogP contribution is -2.48. The minimum absolute atomic E-state index is 0.0190. The lowest BCUT2D eigenvalue weighted by molar-refractivity contribution is -0.121. The van der Waals surface area contributed by atoms with E-state index in [0.29, 0.717) is 19.5 Å². The number of nitrogens with zero attached hydrogens (tertiary/aromatic N) is 2. The Morgan fingerprint density at radius 2 is 2.00 bits per heavy atom. The Balaban J connectivity index is 1.86. The molecule has 128 valence electrons. The Hall–Kier alpha value is -1.44. The Morgan fingerprint density at radius 3 is 2.61 bits per heavy atom. The summed E-state index contributed by atoms with van der Waals surface area (Å²) in [5, 5.41) is 7.74. The van der Waals surface area contributed by atoms with E-state index in [1.165, 1.54) is 11.8 Å². The van der Waals surface area contributed by atoms with Gasteiger partial charge in [0, 0.05) is 57.5 Å². The van der Waals surface area contributed by atoms with Crippen LogP contribution in [0.5, 0.6) is 0 Å². The molecule has 1 aliphatic heterocycles. The van der Waals surface area contributed by atoms with Crippen molar-refractivity contribution in [2.24, 2.45) is 0 Å². The molecule has 1 atom stereocenters. The van der Waals surface area contributed by atoms with Crippen molar-refractivity contribution in [2.45, 2.75) is 19.4 Å². The average molecular weight is 338 g/mol. The van der Waals surface area contributed by atoms with Crippen molar-refractivity contribution in [2.75, 3.05) is 46.3 Å². The molecule has 1 aromatic rings. The number of rotatable bonds is 7. The Kier molecular flexibility index (Phi) is 7.01. The van der Waals surface area contributed by atoms with Crippen LogP contribution in [-0.2, 0) is 9.59 Å². The number of hydrogen-bond donors (Lipinski definition) is 2. The van der Waals surface area contributed by atoms with Gasteiger partial charge in [0.1, 0.15) is 0 Å². The molecule has 1 fully saturated rings. The fraction of sp³-hybridized carbons (Fsp3) is 0.625. The SMILES string of the molecule is CC(=O)NCCC(=O)NCC(c1cccs1)N1CCN(C)CC1. The summed E-state index contributed by atoms with van der Waals surface area (Å²) in [6.45, 7) is 6.60. The molecule has 2 rings (SSSR count).